The number of rotatable bonds is 4. The van der Waals surface area contributed by atoms with E-state index in [9.17, 15) is 9.50 Å². The Morgan fingerprint density at radius 1 is 1.47 bits per heavy atom. The lowest BCUT2D eigenvalue weighted by Gasteiger charge is -2.24. The predicted molar refractivity (Wildman–Crippen MR) is 57.3 cm³/mol. The van der Waals surface area contributed by atoms with E-state index in [1.54, 1.807) is 0 Å². The maximum absolute atomic E-state index is 13.4. The van der Waals surface area contributed by atoms with Crippen LogP contribution < -0.4 is 0 Å². The summed E-state index contributed by atoms with van der Waals surface area (Å²) in [6.45, 7) is 1.48. The summed E-state index contributed by atoms with van der Waals surface area (Å²) in [5, 5.41) is 19.1. The lowest BCUT2D eigenvalue weighted by molar-refractivity contribution is 0.0369. The van der Waals surface area contributed by atoms with Gasteiger partial charge in [0.2, 0.25) is 0 Å². The van der Waals surface area contributed by atoms with E-state index in [0.29, 0.717) is 17.9 Å². The van der Waals surface area contributed by atoms with Crippen molar-refractivity contribution in [1.82, 2.24) is 0 Å². The van der Waals surface area contributed by atoms with Gasteiger partial charge in [-0.25, -0.2) is 4.39 Å². The Balaban J connectivity index is 2.97. The lowest BCUT2D eigenvalue weighted by Crippen LogP contribution is -2.23. The second-order valence-electron chi connectivity index (χ2n) is 3.73. The SMILES string of the molecule is CC(O)(CCCO)c1cc(Cl)ccc1F. The van der Waals surface area contributed by atoms with Crippen molar-refractivity contribution in [1.29, 1.82) is 0 Å². The smallest absolute Gasteiger partial charge is 0.129 e. The Morgan fingerprint density at radius 3 is 2.73 bits per heavy atom. The first-order valence-corrected chi connectivity index (χ1v) is 5.14. The van der Waals surface area contributed by atoms with Gasteiger partial charge in [-0.05, 0) is 38.0 Å². The van der Waals surface area contributed by atoms with Crippen LogP contribution in [0.4, 0.5) is 4.39 Å². The predicted octanol–water partition coefficient (Wildman–Crippen LogP) is 2.46. The van der Waals surface area contributed by atoms with Crippen molar-refractivity contribution in [2.75, 3.05) is 6.61 Å². The van der Waals surface area contributed by atoms with E-state index in [0.717, 1.165) is 0 Å². The molecule has 1 atom stereocenters. The molecule has 84 valence electrons. The van der Waals surface area contributed by atoms with Gasteiger partial charge in [0.1, 0.15) is 5.82 Å². The molecule has 0 aliphatic carbocycles. The maximum Gasteiger partial charge on any atom is 0.129 e. The molecule has 4 heteroatoms. The van der Waals surface area contributed by atoms with E-state index < -0.39 is 11.4 Å². The minimum Gasteiger partial charge on any atom is -0.396 e. The van der Waals surface area contributed by atoms with Gasteiger partial charge >= 0.3 is 0 Å². The number of halogens is 2. The van der Waals surface area contributed by atoms with E-state index in [1.807, 2.05) is 0 Å². The third-order valence-electron chi connectivity index (χ3n) is 2.33. The molecule has 0 heterocycles. The zero-order valence-corrected chi connectivity index (χ0v) is 9.26. The van der Waals surface area contributed by atoms with E-state index in [1.165, 1.54) is 25.1 Å². The van der Waals surface area contributed by atoms with Crippen molar-refractivity contribution in [3.8, 4) is 0 Å². The van der Waals surface area contributed by atoms with Gasteiger partial charge in [-0.15, -0.1) is 0 Å². The largest absolute Gasteiger partial charge is 0.396 e. The highest BCUT2D eigenvalue weighted by Crippen LogP contribution is 2.29. The maximum atomic E-state index is 13.4. The monoisotopic (exact) mass is 232 g/mol. The van der Waals surface area contributed by atoms with Crippen molar-refractivity contribution in [3.63, 3.8) is 0 Å². The molecule has 0 aliphatic rings. The molecular formula is C11H14ClFO2. The standard InChI is InChI=1S/C11H14ClFO2/c1-11(15,5-2-6-14)9-7-8(12)3-4-10(9)13/h3-4,7,14-15H,2,5-6H2,1H3. The Bertz CT molecular complexity index is 339. The number of aliphatic hydroxyl groups excluding tert-OH is 1. The molecule has 1 aromatic carbocycles. The van der Waals surface area contributed by atoms with Gasteiger partial charge in [0, 0.05) is 17.2 Å². The second kappa shape index (κ2) is 4.92. The van der Waals surface area contributed by atoms with Crippen molar-refractivity contribution < 1.29 is 14.6 Å². The van der Waals surface area contributed by atoms with E-state index in [-0.39, 0.29) is 12.2 Å². The van der Waals surface area contributed by atoms with Crippen LogP contribution in [-0.4, -0.2) is 16.8 Å². The van der Waals surface area contributed by atoms with E-state index in [2.05, 4.69) is 0 Å². The third kappa shape index (κ3) is 3.16. The van der Waals surface area contributed by atoms with Crippen molar-refractivity contribution in [3.05, 3.63) is 34.6 Å². The molecule has 0 fully saturated rings. The first kappa shape index (κ1) is 12.4. The summed E-state index contributed by atoms with van der Waals surface area (Å²) in [7, 11) is 0. The number of benzene rings is 1. The molecule has 0 amide bonds. The van der Waals surface area contributed by atoms with Crippen LogP contribution in [0.25, 0.3) is 0 Å². The molecule has 1 rings (SSSR count). The molecule has 0 aliphatic heterocycles. The first-order valence-electron chi connectivity index (χ1n) is 4.76. The molecule has 1 aromatic rings. The zero-order valence-electron chi connectivity index (χ0n) is 8.50. The van der Waals surface area contributed by atoms with Gasteiger partial charge in [-0.2, -0.15) is 0 Å². The van der Waals surface area contributed by atoms with Gasteiger partial charge in [-0.3, -0.25) is 0 Å². The van der Waals surface area contributed by atoms with Crippen molar-refractivity contribution in [2.24, 2.45) is 0 Å². The van der Waals surface area contributed by atoms with Gasteiger partial charge < -0.3 is 10.2 Å². The molecule has 2 nitrogen and oxygen atoms in total. The van der Waals surface area contributed by atoms with Gasteiger partial charge in [0.15, 0.2) is 0 Å². The Morgan fingerprint density at radius 2 is 2.13 bits per heavy atom. The fourth-order valence-corrected chi connectivity index (χ4v) is 1.64. The minimum atomic E-state index is -1.29. The summed E-state index contributed by atoms with van der Waals surface area (Å²) in [5.74, 6) is -0.484. The highest BCUT2D eigenvalue weighted by molar-refractivity contribution is 6.30. The minimum absolute atomic E-state index is 0.0294. The van der Waals surface area contributed by atoms with Crippen LogP contribution in [0.2, 0.25) is 5.02 Å². The second-order valence-corrected chi connectivity index (χ2v) is 4.16. The zero-order chi connectivity index (χ0) is 11.5. The Labute approximate surface area is 93.3 Å². The quantitative estimate of drug-likeness (QED) is 0.837. The molecule has 15 heavy (non-hydrogen) atoms. The lowest BCUT2D eigenvalue weighted by atomic mass is 9.91. The van der Waals surface area contributed by atoms with Crippen molar-refractivity contribution >= 4 is 11.6 Å². The van der Waals surface area contributed by atoms with Crippen LogP contribution in [0.15, 0.2) is 18.2 Å². The highest BCUT2D eigenvalue weighted by atomic mass is 35.5. The van der Waals surface area contributed by atoms with Gasteiger partial charge in [0.25, 0.3) is 0 Å². The first-order chi connectivity index (χ1) is 6.97. The third-order valence-corrected chi connectivity index (χ3v) is 2.57. The molecule has 0 saturated carbocycles. The Kier molecular flexibility index (Phi) is 4.08. The van der Waals surface area contributed by atoms with Crippen molar-refractivity contribution in [2.45, 2.75) is 25.4 Å². The topological polar surface area (TPSA) is 40.5 Å². The summed E-state index contributed by atoms with van der Waals surface area (Å²) in [6, 6.07) is 4.07. The van der Waals surface area contributed by atoms with Crippen LogP contribution in [0.1, 0.15) is 25.3 Å². The number of hydrogen-bond donors (Lipinski definition) is 2. The van der Waals surface area contributed by atoms with E-state index >= 15 is 0 Å². The molecule has 2 N–H and O–H groups in total. The van der Waals surface area contributed by atoms with Crippen LogP contribution in [0.3, 0.4) is 0 Å². The summed E-state index contributed by atoms with van der Waals surface area (Å²) in [4.78, 5) is 0. The van der Waals surface area contributed by atoms with Gasteiger partial charge in [0.05, 0.1) is 5.60 Å². The summed E-state index contributed by atoms with van der Waals surface area (Å²) >= 11 is 5.73. The summed E-state index contributed by atoms with van der Waals surface area (Å²) < 4.78 is 13.4. The summed E-state index contributed by atoms with van der Waals surface area (Å²) in [6.07, 6.45) is 0.708. The average molecular weight is 233 g/mol. The summed E-state index contributed by atoms with van der Waals surface area (Å²) in [5.41, 5.74) is -1.12. The molecule has 1 unspecified atom stereocenters. The molecule has 0 bridgehead atoms. The Hall–Kier alpha value is -0.640. The number of aliphatic hydroxyl groups is 2. The van der Waals surface area contributed by atoms with Crippen LogP contribution >= 0.6 is 11.6 Å². The van der Waals surface area contributed by atoms with Crippen LogP contribution in [0.5, 0.6) is 0 Å². The van der Waals surface area contributed by atoms with Crippen LogP contribution in [-0.2, 0) is 5.60 Å². The normalized spacial score (nSPS) is 15.0. The number of hydrogen-bond acceptors (Lipinski definition) is 2. The van der Waals surface area contributed by atoms with Gasteiger partial charge in [-0.1, -0.05) is 11.6 Å². The molecule has 0 spiro atoms. The fraction of sp³-hybridized carbons (Fsp3) is 0.455. The van der Waals surface area contributed by atoms with E-state index in [4.69, 9.17) is 16.7 Å². The average Bonchev–Trinajstić information content (AvgIpc) is 2.18. The fourth-order valence-electron chi connectivity index (χ4n) is 1.47. The highest BCUT2D eigenvalue weighted by Gasteiger charge is 2.26. The molecule has 0 aromatic heterocycles. The molecule has 0 saturated heterocycles. The van der Waals surface area contributed by atoms with Crippen LogP contribution in [0, 0.1) is 5.82 Å². The molecule has 0 radical (unpaired) electrons. The molecular weight excluding hydrogens is 219 g/mol.